The Kier molecular flexibility index (Phi) is 5.72. The van der Waals surface area contributed by atoms with E-state index < -0.39 is 10.0 Å². The average molecular weight is 473 g/mol. The quantitative estimate of drug-likeness (QED) is 0.543. The number of piperazine rings is 1. The zero-order valence-corrected chi connectivity index (χ0v) is 18.2. The summed E-state index contributed by atoms with van der Waals surface area (Å²) in [6, 6.07) is 21.4. The number of fused-ring (bicyclic) bond motifs is 1. The minimum atomic E-state index is -3.57. The number of amides is 1. The lowest BCUT2D eigenvalue weighted by molar-refractivity contribution is -0.129. The third-order valence-electron chi connectivity index (χ3n) is 5.28. The van der Waals surface area contributed by atoms with Crippen molar-refractivity contribution >= 4 is 42.6 Å². The SMILES string of the molecule is O=C(CBr)N1CCN(S(=O)(=O)c2ccc(-c3ccc4ccccc4c3)cc2)CC1. The van der Waals surface area contributed by atoms with Crippen molar-refractivity contribution in [2.24, 2.45) is 0 Å². The summed E-state index contributed by atoms with van der Waals surface area (Å²) in [5, 5.41) is 2.58. The molecule has 0 aromatic heterocycles. The van der Waals surface area contributed by atoms with Crippen molar-refractivity contribution in [3.63, 3.8) is 0 Å². The lowest BCUT2D eigenvalue weighted by Crippen LogP contribution is -2.50. The molecule has 3 aromatic carbocycles. The fourth-order valence-electron chi connectivity index (χ4n) is 3.60. The molecule has 0 bridgehead atoms. The van der Waals surface area contributed by atoms with Crippen LogP contribution >= 0.6 is 15.9 Å². The fourth-order valence-corrected chi connectivity index (χ4v) is 5.38. The lowest BCUT2D eigenvalue weighted by Gasteiger charge is -2.33. The molecule has 0 unspecified atom stereocenters. The number of rotatable bonds is 4. The number of nitrogens with zero attached hydrogens (tertiary/aromatic N) is 2. The Morgan fingerprint density at radius 2 is 1.45 bits per heavy atom. The van der Waals surface area contributed by atoms with E-state index in [2.05, 4.69) is 40.2 Å². The molecule has 0 saturated carbocycles. The van der Waals surface area contributed by atoms with Crippen LogP contribution in [0.4, 0.5) is 0 Å². The first-order valence-corrected chi connectivity index (χ1v) is 12.0. The van der Waals surface area contributed by atoms with Gasteiger partial charge in [0.25, 0.3) is 0 Å². The highest BCUT2D eigenvalue weighted by atomic mass is 79.9. The van der Waals surface area contributed by atoms with Crippen LogP contribution < -0.4 is 0 Å². The minimum Gasteiger partial charge on any atom is -0.339 e. The molecule has 150 valence electrons. The molecule has 0 radical (unpaired) electrons. The van der Waals surface area contributed by atoms with E-state index in [-0.39, 0.29) is 16.1 Å². The maximum atomic E-state index is 13.0. The summed E-state index contributed by atoms with van der Waals surface area (Å²) in [6.07, 6.45) is 0. The number of carbonyl (C=O) groups is 1. The predicted molar refractivity (Wildman–Crippen MR) is 119 cm³/mol. The Morgan fingerprint density at radius 3 is 2.10 bits per heavy atom. The molecule has 1 aliphatic heterocycles. The van der Waals surface area contributed by atoms with Crippen molar-refractivity contribution in [2.45, 2.75) is 4.90 Å². The highest BCUT2D eigenvalue weighted by Crippen LogP contribution is 2.26. The van der Waals surface area contributed by atoms with Gasteiger partial charge in [0.2, 0.25) is 15.9 Å². The second-order valence-corrected chi connectivity index (χ2v) is 9.50. The molecule has 1 saturated heterocycles. The zero-order chi connectivity index (χ0) is 20.4. The van der Waals surface area contributed by atoms with Gasteiger partial charge in [0.1, 0.15) is 0 Å². The normalized spacial score (nSPS) is 15.6. The standard InChI is InChI=1S/C22H21BrN2O3S/c23-16-22(26)24-11-13-25(14-12-24)29(27,28)21-9-7-18(8-10-21)20-6-5-17-3-1-2-4-19(17)15-20/h1-10,15H,11-14,16H2. The Balaban J connectivity index is 1.53. The van der Waals surface area contributed by atoms with E-state index in [9.17, 15) is 13.2 Å². The number of hydrogen-bond donors (Lipinski definition) is 0. The third-order valence-corrected chi connectivity index (χ3v) is 7.67. The minimum absolute atomic E-state index is 0.0122. The molecule has 5 nitrogen and oxygen atoms in total. The van der Waals surface area contributed by atoms with E-state index in [0.29, 0.717) is 26.2 Å². The topological polar surface area (TPSA) is 57.7 Å². The van der Waals surface area contributed by atoms with Gasteiger partial charge in [-0.1, -0.05) is 64.5 Å². The molecule has 7 heteroatoms. The molecular formula is C22H21BrN2O3S. The van der Waals surface area contributed by atoms with Crippen molar-refractivity contribution < 1.29 is 13.2 Å². The second-order valence-electron chi connectivity index (χ2n) is 7.00. The molecule has 4 rings (SSSR count). The van der Waals surface area contributed by atoms with Gasteiger partial charge in [-0.3, -0.25) is 4.79 Å². The second kappa shape index (κ2) is 8.26. The number of hydrogen-bond acceptors (Lipinski definition) is 3. The Morgan fingerprint density at radius 1 is 0.828 bits per heavy atom. The summed E-state index contributed by atoms with van der Waals surface area (Å²) in [6.45, 7) is 1.46. The van der Waals surface area contributed by atoms with E-state index in [1.54, 1.807) is 17.0 Å². The molecule has 0 atom stereocenters. The van der Waals surface area contributed by atoms with Crippen molar-refractivity contribution in [3.8, 4) is 11.1 Å². The van der Waals surface area contributed by atoms with Crippen LogP contribution in [0.2, 0.25) is 0 Å². The molecular weight excluding hydrogens is 452 g/mol. The third kappa shape index (κ3) is 4.08. The fraction of sp³-hybridized carbons (Fsp3) is 0.227. The molecule has 1 aliphatic rings. The van der Waals surface area contributed by atoms with Gasteiger partial charge in [-0.05, 0) is 40.1 Å². The Hall–Kier alpha value is -2.22. The van der Waals surface area contributed by atoms with Gasteiger partial charge in [0.15, 0.2) is 0 Å². The van der Waals surface area contributed by atoms with Crippen LogP contribution in [-0.2, 0) is 14.8 Å². The van der Waals surface area contributed by atoms with E-state index >= 15 is 0 Å². The first-order chi connectivity index (χ1) is 14.0. The van der Waals surface area contributed by atoms with Gasteiger partial charge in [0.05, 0.1) is 10.2 Å². The average Bonchev–Trinajstić information content (AvgIpc) is 2.78. The summed E-state index contributed by atoms with van der Waals surface area (Å²) in [5.74, 6) is -0.0122. The first kappa shape index (κ1) is 20.1. The molecule has 1 heterocycles. The predicted octanol–water partition coefficient (Wildman–Crippen LogP) is 3.73. The molecule has 0 N–H and O–H groups in total. The first-order valence-electron chi connectivity index (χ1n) is 9.42. The number of sulfonamides is 1. The van der Waals surface area contributed by atoms with Crippen LogP contribution in [0, 0.1) is 0 Å². The van der Waals surface area contributed by atoms with Crippen LogP contribution in [0.1, 0.15) is 0 Å². The summed E-state index contributed by atoms with van der Waals surface area (Å²) >= 11 is 3.16. The van der Waals surface area contributed by atoms with Crippen LogP contribution in [0.25, 0.3) is 21.9 Å². The number of alkyl halides is 1. The molecule has 0 aliphatic carbocycles. The van der Waals surface area contributed by atoms with Crippen LogP contribution in [0.3, 0.4) is 0 Å². The largest absolute Gasteiger partial charge is 0.339 e. The van der Waals surface area contributed by atoms with Gasteiger partial charge in [-0.25, -0.2) is 8.42 Å². The zero-order valence-electron chi connectivity index (χ0n) is 15.8. The summed E-state index contributed by atoms with van der Waals surface area (Å²) in [4.78, 5) is 13.7. The van der Waals surface area contributed by atoms with E-state index in [1.165, 1.54) is 9.69 Å². The number of halogens is 1. The molecule has 0 spiro atoms. The molecule has 1 fully saturated rings. The van der Waals surface area contributed by atoms with E-state index in [1.807, 2.05) is 30.3 Å². The van der Waals surface area contributed by atoms with E-state index in [4.69, 9.17) is 0 Å². The maximum Gasteiger partial charge on any atom is 0.243 e. The molecule has 1 amide bonds. The maximum absolute atomic E-state index is 13.0. The van der Waals surface area contributed by atoms with Crippen LogP contribution in [0.15, 0.2) is 71.6 Å². The highest BCUT2D eigenvalue weighted by Gasteiger charge is 2.29. The van der Waals surface area contributed by atoms with Gasteiger partial charge >= 0.3 is 0 Å². The summed E-state index contributed by atoms with van der Waals surface area (Å²) in [7, 11) is -3.57. The summed E-state index contributed by atoms with van der Waals surface area (Å²) < 4.78 is 27.4. The smallest absolute Gasteiger partial charge is 0.243 e. The van der Waals surface area contributed by atoms with Crippen molar-refractivity contribution in [1.29, 1.82) is 0 Å². The van der Waals surface area contributed by atoms with Gasteiger partial charge in [-0.2, -0.15) is 4.31 Å². The van der Waals surface area contributed by atoms with Gasteiger partial charge < -0.3 is 4.90 Å². The Labute approximate surface area is 179 Å². The molecule has 29 heavy (non-hydrogen) atoms. The highest BCUT2D eigenvalue weighted by molar-refractivity contribution is 9.09. The van der Waals surface area contributed by atoms with Crippen LogP contribution in [0.5, 0.6) is 0 Å². The van der Waals surface area contributed by atoms with Crippen molar-refractivity contribution in [1.82, 2.24) is 9.21 Å². The Bertz CT molecular complexity index is 1140. The monoisotopic (exact) mass is 472 g/mol. The van der Waals surface area contributed by atoms with Gasteiger partial charge in [0, 0.05) is 26.2 Å². The van der Waals surface area contributed by atoms with Gasteiger partial charge in [-0.15, -0.1) is 0 Å². The van der Waals surface area contributed by atoms with E-state index in [0.717, 1.165) is 16.5 Å². The van der Waals surface area contributed by atoms with Crippen LogP contribution in [-0.4, -0.2) is 55.0 Å². The lowest BCUT2D eigenvalue weighted by atomic mass is 10.0. The van der Waals surface area contributed by atoms with Crippen molar-refractivity contribution in [3.05, 3.63) is 66.7 Å². The number of benzene rings is 3. The van der Waals surface area contributed by atoms with Crippen molar-refractivity contribution in [2.75, 3.05) is 31.5 Å². The summed E-state index contributed by atoms with van der Waals surface area (Å²) in [5.41, 5.74) is 2.02. The molecule has 3 aromatic rings. The number of carbonyl (C=O) groups excluding carboxylic acids is 1.